The number of benzene rings is 2. The molecule has 0 saturated carbocycles. The van der Waals surface area contributed by atoms with E-state index in [-0.39, 0.29) is 11.7 Å². The molecule has 0 fully saturated rings. The highest BCUT2D eigenvalue weighted by molar-refractivity contribution is 6.12. The average Bonchev–Trinajstić information content (AvgIpc) is 2.46. The molecule has 0 aliphatic rings. The largest absolute Gasteiger partial charge is 0.384 e. The number of anilines is 2. The molecule has 4 nitrogen and oxygen atoms in total. The summed E-state index contributed by atoms with van der Waals surface area (Å²) in [6.07, 6.45) is 0. The molecule has 0 unspecified atom stereocenters. The fourth-order valence-electron chi connectivity index (χ4n) is 2.15. The molecule has 1 aromatic heterocycles. The smallest absolute Gasteiger partial charge is 0.256 e. The van der Waals surface area contributed by atoms with Gasteiger partial charge >= 0.3 is 0 Å². The van der Waals surface area contributed by atoms with Crippen LogP contribution in [0.1, 0.15) is 10.4 Å². The Morgan fingerprint density at radius 3 is 2.71 bits per heavy atom. The Kier molecular flexibility index (Phi) is 3.23. The maximum absolute atomic E-state index is 13.2. The molecule has 2 aromatic carbocycles. The normalized spacial score (nSPS) is 10.5. The van der Waals surface area contributed by atoms with Crippen molar-refractivity contribution in [3.05, 3.63) is 66.0 Å². The van der Waals surface area contributed by atoms with E-state index in [1.165, 1.54) is 24.3 Å². The van der Waals surface area contributed by atoms with Gasteiger partial charge in [0.1, 0.15) is 11.6 Å². The van der Waals surface area contributed by atoms with Crippen molar-refractivity contribution in [2.24, 2.45) is 0 Å². The van der Waals surface area contributed by atoms with Gasteiger partial charge in [0.15, 0.2) is 0 Å². The molecule has 3 N–H and O–H groups in total. The van der Waals surface area contributed by atoms with Crippen LogP contribution >= 0.6 is 0 Å². The van der Waals surface area contributed by atoms with Gasteiger partial charge in [-0.3, -0.25) is 4.79 Å². The number of rotatable bonds is 2. The summed E-state index contributed by atoms with van der Waals surface area (Å²) in [5.41, 5.74) is 7.16. The van der Waals surface area contributed by atoms with E-state index in [2.05, 4.69) is 10.3 Å². The lowest BCUT2D eigenvalue weighted by atomic mass is 10.1. The number of nitrogens with two attached hydrogens (primary N) is 1. The Bertz CT molecular complexity index is 833. The van der Waals surface area contributed by atoms with Crippen molar-refractivity contribution in [3.63, 3.8) is 0 Å². The van der Waals surface area contributed by atoms with Crippen molar-refractivity contribution in [1.29, 1.82) is 0 Å². The van der Waals surface area contributed by atoms with Gasteiger partial charge in [-0.25, -0.2) is 9.37 Å². The predicted molar refractivity (Wildman–Crippen MR) is 80.5 cm³/mol. The van der Waals surface area contributed by atoms with Gasteiger partial charge in [-0.15, -0.1) is 0 Å². The van der Waals surface area contributed by atoms with E-state index in [9.17, 15) is 9.18 Å². The van der Waals surface area contributed by atoms with E-state index in [1.807, 2.05) is 12.1 Å². The van der Waals surface area contributed by atoms with Crippen molar-refractivity contribution >= 4 is 28.3 Å². The van der Waals surface area contributed by atoms with Crippen molar-refractivity contribution < 1.29 is 9.18 Å². The fraction of sp³-hybridized carbons (Fsp3) is 0. The first-order valence-corrected chi connectivity index (χ1v) is 6.36. The molecule has 104 valence electrons. The number of fused-ring (bicyclic) bond motifs is 1. The predicted octanol–water partition coefficient (Wildman–Crippen LogP) is 3.21. The van der Waals surface area contributed by atoms with Gasteiger partial charge in [-0.1, -0.05) is 24.3 Å². The third-order valence-electron chi connectivity index (χ3n) is 3.06. The Labute approximate surface area is 120 Å². The number of carbonyl (C=O) groups is 1. The van der Waals surface area contributed by atoms with Gasteiger partial charge in [0.25, 0.3) is 5.91 Å². The molecule has 5 heteroatoms. The Hall–Kier alpha value is -2.95. The first-order chi connectivity index (χ1) is 10.1. The van der Waals surface area contributed by atoms with Gasteiger partial charge in [0.2, 0.25) is 0 Å². The number of hydrogen-bond donors (Lipinski definition) is 2. The van der Waals surface area contributed by atoms with Gasteiger partial charge < -0.3 is 11.1 Å². The van der Waals surface area contributed by atoms with E-state index in [4.69, 9.17) is 5.73 Å². The maximum atomic E-state index is 13.2. The SMILES string of the molecule is Nc1cc(C(=O)Nc2cccc(F)c2)c2ccccc2n1. The summed E-state index contributed by atoms with van der Waals surface area (Å²) < 4.78 is 13.2. The van der Waals surface area contributed by atoms with Crippen molar-refractivity contribution in [2.75, 3.05) is 11.1 Å². The molecule has 0 atom stereocenters. The second kappa shape index (κ2) is 5.20. The third kappa shape index (κ3) is 2.67. The van der Waals surface area contributed by atoms with Crippen LogP contribution in [0.25, 0.3) is 10.9 Å². The molecule has 0 aliphatic carbocycles. The molecular weight excluding hydrogens is 269 g/mol. The molecule has 3 aromatic rings. The van der Waals surface area contributed by atoms with Crippen molar-refractivity contribution in [2.45, 2.75) is 0 Å². The molecule has 3 rings (SSSR count). The summed E-state index contributed by atoms with van der Waals surface area (Å²) in [6, 6.07) is 14.4. The fourth-order valence-corrected chi connectivity index (χ4v) is 2.15. The van der Waals surface area contributed by atoms with Gasteiger partial charge in [-0.05, 0) is 30.3 Å². The van der Waals surface area contributed by atoms with Crippen LogP contribution in [0.3, 0.4) is 0 Å². The third-order valence-corrected chi connectivity index (χ3v) is 3.06. The molecule has 1 amide bonds. The molecule has 0 radical (unpaired) electrons. The summed E-state index contributed by atoms with van der Waals surface area (Å²) in [4.78, 5) is 16.6. The van der Waals surface area contributed by atoms with Gasteiger partial charge in [0.05, 0.1) is 11.1 Å². The summed E-state index contributed by atoms with van der Waals surface area (Å²) in [5.74, 6) is -0.504. The summed E-state index contributed by atoms with van der Waals surface area (Å²) >= 11 is 0. The van der Waals surface area contributed by atoms with Crippen LogP contribution < -0.4 is 11.1 Å². The highest BCUT2D eigenvalue weighted by Gasteiger charge is 2.12. The zero-order valence-electron chi connectivity index (χ0n) is 11.0. The van der Waals surface area contributed by atoms with E-state index in [0.717, 1.165) is 0 Å². The van der Waals surface area contributed by atoms with Crippen molar-refractivity contribution in [1.82, 2.24) is 4.98 Å². The number of aromatic nitrogens is 1. The highest BCUT2D eigenvalue weighted by Crippen LogP contribution is 2.21. The molecule has 0 spiro atoms. The number of halogens is 1. The number of carbonyl (C=O) groups excluding carboxylic acids is 1. The van der Waals surface area contributed by atoms with Crippen molar-refractivity contribution in [3.8, 4) is 0 Å². The van der Waals surface area contributed by atoms with Crippen LogP contribution in [-0.2, 0) is 0 Å². The Balaban J connectivity index is 2.02. The Morgan fingerprint density at radius 1 is 1.10 bits per heavy atom. The van der Waals surface area contributed by atoms with Crippen LogP contribution in [-0.4, -0.2) is 10.9 Å². The number of pyridine rings is 1. The second-order valence-corrected chi connectivity index (χ2v) is 4.58. The summed E-state index contributed by atoms with van der Waals surface area (Å²) in [7, 11) is 0. The number of para-hydroxylation sites is 1. The minimum absolute atomic E-state index is 0.262. The van der Waals surface area contributed by atoms with Crippen LogP contribution in [0.15, 0.2) is 54.6 Å². The van der Waals surface area contributed by atoms with Crippen LogP contribution in [0.4, 0.5) is 15.9 Å². The highest BCUT2D eigenvalue weighted by atomic mass is 19.1. The first kappa shape index (κ1) is 13.1. The zero-order chi connectivity index (χ0) is 14.8. The van der Waals surface area contributed by atoms with Crippen LogP contribution in [0.2, 0.25) is 0 Å². The molecule has 0 saturated heterocycles. The van der Waals surface area contributed by atoms with E-state index >= 15 is 0 Å². The molecule has 0 aliphatic heterocycles. The average molecular weight is 281 g/mol. The maximum Gasteiger partial charge on any atom is 0.256 e. The number of hydrogen-bond acceptors (Lipinski definition) is 3. The summed E-state index contributed by atoms with van der Waals surface area (Å²) in [5, 5.41) is 3.35. The molecule has 0 bridgehead atoms. The number of amides is 1. The van der Waals surface area contributed by atoms with Gasteiger partial charge in [0, 0.05) is 11.1 Å². The Morgan fingerprint density at radius 2 is 1.90 bits per heavy atom. The first-order valence-electron chi connectivity index (χ1n) is 6.36. The number of nitrogen functional groups attached to an aromatic ring is 1. The lowest BCUT2D eigenvalue weighted by Crippen LogP contribution is -2.13. The van der Waals surface area contributed by atoms with Crippen LogP contribution in [0, 0.1) is 5.82 Å². The standard InChI is InChI=1S/C16H12FN3O/c17-10-4-3-5-11(8-10)19-16(21)13-9-15(18)20-14-7-2-1-6-12(13)14/h1-9H,(H2,18,20)(H,19,21). The van der Waals surface area contributed by atoms with E-state index in [0.29, 0.717) is 22.2 Å². The minimum Gasteiger partial charge on any atom is -0.384 e. The summed E-state index contributed by atoms with van der Waals surface area (Å²) in [6.45, 7) is 0. The van der Waals surface area contributed by atoms with E-state index in [1.54, 1.807) is 18.2 Å². The second-order valence-electron chi connectivity index (χ2n) is 4.58. The molecular formula is C16H12FN3O. The zero-order valence-corrected chi connectivity index (χ0v) is 11.0. The van der Waals surface area contributed by atoms with E-state index < -0.39 is 5.82 Å². The minimum atomic E-state index is -0.410. The lowest BCUT2D eigenvalue weighted by molar-refractivity contribution is 0.102. The quantitative estimate of drug-likeness (QED) is 0.758. The van der Waals surface area contributed by atoms with Crippen LogP contribution in [0.5, 0.6) is 0 Å². The topological polar surface area (TPSA) is 68.0 Å². The molecule has 1 heterocycles. The molecule has 21 heavy (non-hydrogen) atoms. The monoisotopic (exact) mass is 281 g/mol. The number of nitrogens with zero attached hydrogens (tertiary/aromatic N) is 1. The number of nitrogens with one attached hydrogen (secondary N) is 1. The lowest BCUT2D eigenvalue weighted by Gasteiger charge is -2.09. The van der Waals surface area contributed by atoms with Gasteiger partial charge in [-0.2, -0.15) is 0 Å².